The largest absolute Gasteiger partial charge is 0.459 e. The Bertz CT molecular complexity index is 1140. The molecule has 3 fully saturated rings. The quantitative estimate of drug-likeness (QED) is 0.206. The number of carbonyl (C=O) groups excluding carboxylic acids is 2. The van der Waals surface area contributed by atoms with E-state index >= 15 is 0 Å². The molecule has 0 aromatic heterocycles. The van der Waals surface area contributed by atoms with Crippen molar-refractivity contribution in [3.05, 3.63) is 0 Å². The van der Waals surface area contributed by atoms with E-state index in [-0.39, 0.29) is 31.4 Å². The number of hydrogen-bond acceptors (Lipinski definition) is 14. The van der Waals surface area contributed by atoms with E-state index in [2.05, 4.69) is 5.32 Å². The smallest absolute Gasteiger partial charge is 0.311 e. The van der Waals surface area contributed by atoms with Gasteiger partial charge in [-0.1, -0.05) is 27.7 Å². The number of aliphatic hydroxyl groups excluding tert-OH is 3. The van der Waals surface area contributed by atoms with Gasteiger partial charge in [-0.2, -0.15) is 0 Å². The van der Waals surface area contributed by atoms with Crippen LogP contribution in [0.25, 0.3) is 0 Å². The molecule has 3 aliphatic rings. The van der Waals surface area contributed by atoms with Gasteiger partial charge in [0, 0.05) is 37.3 Å². The normalized spacial score (nSPS) is 50.4. The van der Waals surface area contributed by atoms with E-state index in [0.717, 1.165) is 0 Å². The van der Waals surface area contributed by atoms with E-state index in [1.165, 1.54) is 27.9 Å². The average molecular weight is 720 g/mol. The minimum atomic E-state index is -1.99. The fraction of sp³-hybridized carbons (Fsp3) is 0.944. The molecule has 50 heavy (non-hydrogen) atoms. The molecule has 3 rings (SSSR count). The summed E-state index contributed by atoms with van der Waals surface area (Å²) in [6, 6.07) is -0.375. The van der Waals surface area contributed by atoms with Crippen LogP contribution in [0.3, 0.4) is 0 Å². The summed E-state index contributed by atoms with van der Waals surface area (Å²) in [4.78, 5) is 27.8. The Labute approximate surface area is 297 Å². The van der Waals surface area contributed by atoms with Crippen LogP contribution in [0, 0.1) is 23.7 Å². The summed E-state index contributed by atoms with van der Waals surface area (Å²) in [6.07, 6.45) is -9.76. The number of Topliss-reactive ketones (excluding diaryl/α,β-unsaturated/α-hetero) is 1. The number of cyclic esters (lactones) is 1. The maximum Gasteiger partial charge on any atom is 0.311 e. The monoisotopic (exact) mass is 719 g/mol. The molecule has 0 saturated carbocycles. The lowest BCUT2D eigenvalue weighted by atomic mass is 9.74. The van der Waals surface area contributed by atoms with Gasteiger partial charge in [-0.15, -0.1) is 0 Å². The molecule has 14 nitrogen and oxygen atoms in total. The molecule has 3 heterocycles. The molecule has 3 saturated heterocycles. The molecule has 0 aromatic carbocycles. The number of ketones is 1. The molecule has 0 amide bonds. The van der Waals surface area contributed by atoms with Crippen LogP contribution in [0.5, 0.6) is 0 Å². The van der Waals surface area contributed by atoms with E-state index in [4.69, 9.17) is 28.4 Å². The first-order chi connectivity index (χ1) is 23.1. The fourth-order valence-electron chi connectivity index (χ4n) is 8.21. The van der Waals surface area contributed by atoms with Gasteiger partial charge in [-0.25, -0.2) is 0 Å². The number of hydrogen-bond donors (Lipinski definition) is 6. The van der Waals surface area contributed by atoms with E-state index < -0.39 is 108 Å². The number of methoxy groups -OCH3 is 1. The Morgan fingerprint density at radius 2 is 1.52 bits per heavy atom. The van der Waals surface area contributed by atoms with Crippen LogP contribution >= 0.6 is 0 Å². The third-order valence-electron chi connectivity index (χ3n) is 11.6. The van der Waals surface area contributed by atoms with E-state index in [1.54, 1.807) is 48.6 Å². The molecule has 18 atom stereocenters. The number of aliphatic hydroxyl groups is 5. The third kappa shape index (κ3) is 9.07. The zero-order valence-corrected chi connectivity index (χ0v) is 32.0. The summed E-state index contributed by atoms with van der Waals surface area (Å²) in [7, 11) is 3.20. The molecular formula is C36H65NO13. The van der Waals surface area contributed by atoms with Gasteiger partial charge in [-0.3, -0.25) is 9.59 Å². The lowest BCUT2D eigenvalue weighted by molar-refractivity contribution is -0.316. The van der Waals surface area contributed by atoms with Crippen LogP contribution < -0.4 is 5.32 Å². The van der Waals surface area contributed by atoms with Crippen molar-refractivity contribution in [1.82, 2.24) is 5.32 Å². The first kappa shape index (κ1) is 43.1. The Hall–Kier alpha value is -1.30. The van der Waals surface area contributed by atoms with Crippen LogP contribution in [0.1, 0.15) is 94.9 Å². The summed E-state index contributed by atoms with van der Waals surface area (Å²) >= 11 is 0. The molecular weight excluding hydrogens is 654 g/mol. The van der Waals surface area contributed by atoms with Crippen LogP contribution in [0.2, 0.25) is 0 Å². The highest BCUT2D eigenvalue weighted by Gasteiger charge is 2.53. The van der Waals surface area contributed by atoms with Crippen molar-refractivity contribution >= 4 is 11.8 Å². The first-order valence-corrected chi connectivity index (χ1v) is 18.1. The van der Waals surface area contributed by atoms with Gasteiger partial charge < -0.3 is 59.3 Å². The van der Waals surface area contributed by atoms with Gasteiger partial charge in [-0.05, 0) is 67.9 Å². The van der Waals surface area contributed by atoms with Crippen LogP contribution in [0.15, 0.2) is 0 Å². The van der Waals surface area contributed by atoms with Gasteiger partial charge in [0.25, 0.3) is 0 Å². The molecule has 3 aliphatic heterocycles. The van der Waals surface area contributed by atoms with Crippen LogP contribution in [0.4, 0.5) is 0 Å². The Balaban J connectivity index is 2.17. The molecule has 0 bridgehead atoms. The van der Waals surface area contributed by atoms with Gasteiger partial charge in [0.1, 0.15) is 29.7 Å². The predicted molar refractivity (Wildman–Crippen MR) is 182 cm³/mol. The Morgan fingerprint density at radius 3 is 2.08 bits per heavy atom. The molecule has 0 aromatic rings. The Morgan fingerprint density at radius 1 is 0.900 bits per heavy atom. The topological polar surface area (TPSA) is 203 Å². The van der Waals surface area contributed by atoms with E-state index in [0.29, 0.717) is 6.42 Å². The maximum atomic E-state index is 14.0. The molecule has 292 valence electrons. The maximum absolute atomic E-state index is 14.0. The zero-order chi connectivity index (χ0) is 38.1. The summed E-state index contributed by atoms with van der Waals surface area (Å²) in [5.74, 6) is -4.98. The van der Waals surface area contributed by atoms with Crippen molar-refractivity contribution in [1.29, 1.82) is 0 Å². The van der Waals surface area contributed by atoms with Crippen molar-refractivity contribution < 1.29 is 63.5 Å². The Kier molecular flexibility index (Phi) is 14.5. The van der Waals surface area contributed by atoms with Crippen molar-refractivity contribution in [2.24, 2.45) is 23.7 Å². The standard InChI is InChI=1S/C36H65NO13/c1-13-24-36(10,44)29(40)19(4)26(38)17(2)15-34(8,43)31(50-33-27(39)23(37-11)14-18(3)46-33)20(5)28(21(6)32(42)48-24)49-25-16-35(9,45-12)30(41)22(7)47-25/h17-25,27-31,33,37,39-41,43-44H,13-16H2,1-12H3/t17-,18?,19+,20+,21-,22?,23?,24-,25?,27?,28+,29-,30?,31-,33?,34-,35?,36-/m1/s1. The number of rotatable bonds is 7. The van der Waals surface area contributed by atoms with Crippen molar-refractivity contribution in [3.8, 4) is 0 Å². The van der Waals surface area contributed by atoms with Crippen molar-refractivity contribution in [3.63, 3.8) is 0 Å². The van der Waals surface area contributed by atoms with Gasteiger partial charge in [0.2, 0.25) is 0 Å². The van der Waals surface area contributed by atoms with Gasteiger partial charge in [0.15, 0.2) is 12.6 Å². The minimum absolute atomic E-state index is 0.0929. The summed E-state index contributed by atoms with van der Waals surface area (Å²) in [5.41, 5.74) is -4.84. The number of esters is 1. The van der Waals surface area contributed by atoms with Crippen LogP contribution in [-0.4, -0.2) is 136 Å². The van der Waals surface area contributed by atoms with Crippen molar-refractivity contribution in [2.75, 3.05) is 14.2 Å². The first-order valence-electron chi connectivity index (χ1n) is 18.1. The summed E-state index contributed by atoms with van der Waals surface area (Å²) in [5, 5.41) is 60.4. The lowest BCUT2D eigenvalue weighted by Crippen LogP contribution is -2.61. The van der Waals surface area contributed by atoms with E-state index in [1.807, 2.05) is 6.92 Å². The SMILES string of the molecule is CC[C@H]1OC(=O)[C@H](C)[C@@H](OC2CC(C)(OC)C(O)C(C)O2)[C@H](C)[C@@H](OC2OC(C)CC(NC)C2O)[C@](C)(O)C[C@@H](C)C(=O)[C@H](C)[C@@H](O)[C@]1(C)O. The zero-order valence-electron chi connectivity index (χ0n) is 32.0. The predicted octanol–water partition coefficient (Wildman–Crippen LogP) is 1.44. The molecule has 6 N–H and O–H groups in total. The van der Waals surface area contributed by atoms with Crippen molar-refractivity contribution in [2.45, 2.75) is 179 Å². The highest BCUT2D eigenvalue weighted by Crippen LogP contribution is 2.40. The fourth-order valence-corrected chi connectivity index (χ4v) is 8.21. The van der Waals surface area contributed by atoms with Gasteiger partial charge in [0.05, 0.1) is 47.6 Å². The lowest BCUT2D eigenvalue weighted by Gasteiger charge is -2.48. The second kappa shape index (κ2) is 16.8. The van der Waals surface area contributed by atoms with Gasteiger partial charge >= 0.3 is 5.97 Å². The third-order valence-corrected chi connectivity index (χ3v) is 11.6. The highest BCUT2D eigenvalue weighted by molar-refractivity contribution is 5.83. The number of ether oxygens (including phenoxy) is 6. The number of carbonyl (C=O) groups is 2. The minimum Gasteiger partial charge on any atom is -0.459 e. The highest BCUT2D eigenvalue weighted by atomic mass is 16.7. The molecule has 14 heteroatoms. The number of likely N-dealkylation sites (N-methyl/N-ethyl adjacent to an activating group) is 1. The number of nitrogens with one attached hydrogen (secondary N) is 1. The second-order valence-electron chi connectivity index (χ2n) is 15.8. The summed E-state index contributed by atoms with van der Waals surface area (Å²) in [6.45, 7) is 16.3. The van der Waals surface area contributed by atoms with E-state index in [9.17, 15) is 35.1 Å². The molecule has 0 spiro atoms. The average Bonchev–Trinajstić information content (AvgIpc) is 3.05. The summed E-state index contributed by atoms with van der Waals surface area (Å²) < 4.78 is 36.9. The van der Waals surface area contributed by atoms with Crippen LogP contribution in [-0.2, 0) is 38.0 Å². The molecule has 8 unspecified atom stereocenters. The molecule has 0 radical (unpaired) electrons. The second-order valence-corrected chi connectivity index (χ2v) is 15.8. The molecule has 0 aliphatic carbocycles.